The molecule has 3 N–H and O–H groups in total. The van der Waals surface area contributed by atoms with E-state index in [1.54, 1.807) is 6.20 Å². The molecular weight excluding hydrogens is 496 g/mol. The van der Waals surface area contributed by atoms with Crippen LogP contribution in [0.5, 0.6) is 0 Å². The molecule has 6 heteroatoms. The summed E-state index contributed by atoms with van der Waals surface area (Å²) < 4.78 is 0. The van der Waals surface area contributed by atoms with Crippen LogP contribution in [0, 0.1) is 11.5 Å². The molecule has 0 unspecified atom stereocenters. The van der Waals surface area contributed by atoms with E-state index in [1.165, 1.54) is 0 Å². The van der Waals surface area contributed by atoms with Crippen molar-refractivity contribution in [3.8, 4) is 11.5 Å². The summed E-state index contributed by atoms with van der Waals surface area (Å²) >= 11 is 0. The fourth-order valence-electron chi connectivity index (χ4n) is 6.50. The second-order valence-electron chi connectivity index (χ2n) is 11.4. The number of para-hydroxylation sites is 2. The molecule has 0 radical (unpaired) electrons. The van der Waals surface area contributed by atoms with Crippen LogP contribution in [0.25, 0.3) is 32.7 Å². The average molecular weight is 535 g/mol. The molecule has 39 heavy (non-hydrogen) atoms. The molecule has 0 saturated carbocycles. The number of carbonyl (C=O) groups is 1. The third-order valence-electron chi connectivity index (χ3n) is 8.39. The van der Waals surface area contributed by atoms with Gasteiger partial charge < -0.3 is 15.3 Å². The Hall–Kier alpha value is -3.82. The first-order valence-electron chi connectivity index (χ1n) is 14.0. The molecule has 0 bridgehead atoms. The number of fused-ring (bicyclic) bond motifs is 4. The van der Waals surface area contributed by atoms with Gasteiger partial charge in [-0.05, 0) is 46.8 Å². The third kappa shape index (κ3) is 4.76. The Kier molecular flexibility index (Phi) is 7.37. The van der Waals surface area contributed by atoms with E-state index in [2.05, 4.69) is 97.5 Å². The van der Waals surface area contributed by atoms with Crippen LogP contribution in [-0.4, -0.2) is 35.5 Å². The topological polar surface area (TPSA) is 73.6 Å². The summed E-state index contributed by atoms with van der Waals surface area (Å²) in [4.78, 5) is 24.7. The van der Waals surface area contributed by atoms with Gasteiger partial charge in [-0.15, -0.1) is 5.54 Å². The standard InChI is InChI=1S/C33H38N4OSi/c1-21(2)39(22(3)4,23(5)6)20-17-30-26(24-11-7-9-13-28(24)36-30)15-19-35-33(38)32-31-27(16-18-34-32)25-12-8-10-14-29(25)37-31/h7-14,16,18,21-23,36-37H,15,19H2,1-6H3,(H,35,38). The number of amides is 1. The van der Waals surface area contributed by atoms with Gasteiger partial charge in [-0.25, -0.2) is 4.98 Å². The maximum atomic E-state index is 13.3. The Labute approximate surface area is 231 Å². The van der Waals surface area contributed by atoms with Crippen molar-refractivity contribution in [1.82, 2.24) is 20.3 Å². The minimum atomic E-state index is -1.88. The summed E-state index contributed by atoms with van der Waals surface area (Å²) in [6, 6.07) is 18.4. The van der Waals surface area contributed by atoms with Crippen molar-refractivity contribution in [2.24, 2.45) is 0 Å². The number of nitrogens with one attached hydrogen (secondary N) is 3. The summed E-state index contributed by atoms with van der Waals surface area (Å²) in [5, 5.41) is 6.38. The molecule has 1 amide bonds. The smallest absolute Gasteiger partial charge is 0.272 e. The minimum absolute atomic E-state index is 0.175. The van der Waals surface area contributed by atoms with Crippen molar-refractivity contribution < 1.29 is 4.79 Å². The zero-order valence-corrected chi connectivity index (χ0v) is 24.8. The van der Waals surface area contributed by atoms with E-state index in [1.807, 2.05) is 30.3 Å². The number of aromatic amines is 2. The first-order chi connectivity index (χ1) is 18.7. The molecule has 0 fully saturated rings. The molecule has 5 nitrogen and oxygen atoms in total. The third-order valence-corrected chi connectivity index (χ3v) is 14.7. The van der Waals surface area contributed by atoms with Crippen molar-refractivity contribution in [3.63, 3.8) is 0 Å². The molecule has 0 aliphatic carbocycles. The average Bonchev–Trinajstić information content (AvgIpc) is 3.46. The van der Waals surface area contributed by atoms with E-state index < -0.39 is 8.07 Å². The van der Waals surface area contributed by atoms with E-state index >= 15 is 0 Å². The molecular formula is C33H38N4OSi. The first kappa shape index (κ1) is 26.8. The summed E-state index contributed by atoms with van der Waals surface area (Å²) in [6.07, 6.45) is 2.39. The molecule has 2 aromatic carbocycles. The van der Waals surface area contributed by atoms with Gasteiger partial charge in [0.1, 0.15) is 8.07 Å². The second-order valence-corrected chi connectivity index (χ2v) is 17.0. The zero-order chi connectivity index (χ0) is 27.7. The van der Waals surface area contributed by atoms with Crippen molar-refractivity contribution >= 4 is 46.7 Å². The van der Waals surface area contributed by atoms with Crippen LogP contribution in [0.3, 0.4) is 0 Å². The predicted molar refractivity (Wildman–Crippen MR) is 166 cm³/mol. The number of carbonyl (C=O) groups excluding carboxylic acids is 1. The van der Waals surface area contributed by atoms with Gasteiger partial charge in [0.05, 0.1) is 11.2 Å². The van der Waals surface area contributed by atoms with Crippen molar-refractivity contribution in [3.05, 3.63) is 77.7 Å². The molecule has 0 aliphatic rings. The Morgan fingerprint density at radius 3 is 2.13 bits per heavy atom. The molecule has 200 valence electrons. The number of nitrogens with zero attached hydrogens (tertiary/aromatic N) is 1. The number of benzene rings is 2. The molecule has 5 rings (SSSR count). The first-order valence-corrected chi connectivity index (χ1v) is 16.2. The Morgan fingerprint density at radius 2 is 1.46 bits per heavy atom. The van der Waals surface area contributed by atoms with E-state index in [0.29, 0.717) is 35.3 Å². The zero-order valence-electron chi connectivity index (χ0n) is 23.8. The molecule has 0 atom stereocenters. The van der Waals surface area contributed by atoms with Gasteiger partial charge in [0, 0.05) is 39.9 Å². The quantitative estimate of drug-likeness (QED) is 0.148. The van der Waals surface area contributed by atoms with Crippen molar-refractivity contribution in [2.45, 2.75) is 64.6 Å². The van der Waals surface area contributed by atoms with Crippen molar-refractivity contribution in [2.75, 3.05) is 6.54 Å². The van der Waals surface area contributed by atoms with Crippen LogP contribution in [-0.2, 0) is 6.42 Å². The van der Waals surface area contributed by atoms with Gasteiger partial charge in [0.15, 0.2) is 5.69 Å². The van der Waals surface area contributed by atoms with Crippen molar-refractivity contribution in [1.29, 1.82) is 0 Å². The summed E-state index contributed by atoms with van der Waals surface area (Å²) in [5.74, 6) is 3.45. The molecule has 3 aromatic heterocycles. The molecule has 0 aliphatic heterocycles. The number of pyridine rings is 1. The maximum absolute atomic E-state index is 13.3. The van der Waals surface area contributed by atoms with E-state index in [-0.39, 0.29) is 5.91 Å². The van der Waals surface area contributed by atoms with Crippen LogP contribution in [0.2, 0.25) is 16.6 Å². The molecule has 0 saturated heterocycles. The lowest BCUT2D eigenvalue weighted by Crippen LogP contribution is -2.43. The summed E-state index contributed by atoms with van der Waals surface area (Å²) in [7, 11) is -1.88. The van der Waals surface area contributed by atoms with Gasteiger partial charge in [0.25, 0.3) is 5.91 Å². The fourth-order valence-corrected chi connectivity index (χ4v) is 11.7. The van der Waals surface area contributed by atoms with Gasteiger partial charge in [0.2, 0.25) is 0 Å². The normalized spacial score (nSPS) is 12.1. The highest BCUT2D eigenvalue weighted by Crippen LogP contribution is 2.41. The molecule has 3 heterocycles. The lowest BCUT2D eigenvalue weighted by atomic mass is 10.1. The van der Waals surface area contributed by atoms with Gasteiger partial charge in [-0.2, -0.15) is 0 Å². The van der Waals surface area contributed by atoms with E-state index in [4.69, 9.17) is 0 Å². The minimum Gasteiger partial charge on any atom is -0.353 e. The Balaban J connectivity index is 1.43. The van der Waals surface area contributed by atoms with E-state index in [9.17, 15) is 4.79 Å². The number of hydrogen-bond donors (Lipinski definition) is 3. The number of hydrogen-bond acceptors (Lipinski definition) is 2. The van der Waals surface area contributed by atoms with Gasteiger partial charge in [-0.3, -0.25) is 4.79 Å². The lowest BCUT2D eigenvalue weighted by Gasteiger charge is -2.38. The monoisotopic (exact) mass is 534 g/mol. The number of aromatic nitrogens is 3. The van der Waals surface area contributed by atoms with Crippen LogP contribution in [0.4, 0.5) is 0 Å². The maximum Gasteiger partial charge on any atom is 0.272 e. The Morgan fingerprint density at radius 1 is 0.846 bits per heavy atom. The SMILES string of the molecule is CC(C)[Si](C#Cc1[nH]c2ccccc2c1CCNC(=O)c1nccc2c1[nH]c1ccccc12)(C(C)C)C(C)C. The van der Waals surface area contributed by atoms with Crippen LogP contribution >= 0.6 is 0 Å². The van der Waals surface area contributed by atoms with Crippen LogP contribution < -0.4 is 5.32 Å². The Bertz CT molecular complexity index is 1690. The number of H-pyrrole nitrogens is 2. The highest BCUT2D eigenvalue weighted by molar-refractivity contribution is 6.90. The molecule has 5 aromatic rings. The van der Waals surface area contributed by atoms with Crippen LogP contribution in [0.15, 0.2) is 60.8 Å². The lowest BCUT2D eigenvalue weighted by molar-refractivity contribution is 0.0951. The molecule has 0 spiro atoms. The van der Waals surface area contributed by atoms with Gasteiger partial charge >= 0.3 is 0 Å². The highest BCUT2D eigenvalue weighted by atomic mass is 28.3. The van der Waals surface area contributed by atoms with Gasteiger partial charge in [-0.1, -0.05) is 83.9 Å². The largest absolute Gasteiger partial charge is 0.353 e. The second kappa shape index (κ2) is 10.7. The highest BCUT2D eigenvalue weighted by Gasteiger charge is 2.41. The fraction of sp³-hybridized carbons (Fsp3) is 0.333. The summed E-state index contributed by atoms with van der Waals surface area (Å²) in [5.41, 5.74) is 11.0. The summed E-state index contributed by atoms with van der Waals surface area (Å²) in [6.45, 7) is 14.5. The van der Waals surface area contributed by atoms with Crippen LogP contribution in [0.1, 0.15) is 63.3 Å². The number of rotatable bonds is 7. The predicted octanol–water partition coefficient (Wildman–Crippen LogP) is 7.74. The van der Waals surface area contributed by atoms with E-state index in [0.717, 1.165) is 44.0 Å².